The fourth-order valence-electron chi connectivity index (χ4n) is 3.02. The van der Waals surface area contributed by atoms with Gasteiger partial charge in [-0.1, -0.05) is 29.8 Å². The van der Waals surface area contributed by atoms with Crippen LogP contribution in [0.3, 0.4) is 0 Å². The number of aromatic nitrogens is 2. The molecule has 0 bridgehead atoms. The second kappa shape index (κ2) is 6.87. The van der Waals surface area contributed by atoms with Gasteiger partial charge in [-0.25, -0.2) is 4.98 Å². The van der Waals surface area contributed by atoms with Crippen LogP contribution in [0.15, 0.2) is 48.5 Å². The van der Waals surface area contributed by atoms with Crippen molar-refractivity contribution in [3.63, 3.8) is 0 Å². The first kappa shape index (κ1) is 16.2. The predicted molar refractivity (Wildman–Crippen MR) is 97.3 cm³/mol. The Balaban J connectivity index is 1.72. The second-order valence-corrected chi connectivity index (χ2v) is 6.36. The smallest absolute Gasteiger partial charge is 0.251 e. The van der Waals surface area contributed by atoms with Crippen molar-refractivity contribution in [3.05, 3.63) is 65.5 Å². The van der Waals surface area contributed by atoms with Crippen LogP contribution in [0, 0.1) is 6.92 Å². The molecule has 0 aliphatic rings. The van der Waals surface area contributed by atoms with E-state index in [-0.39, 0.29) is 5.91 Å². The van der Waals surface area contributed by atoms with E-state index in [1.807, 2.05) is 49.4 Å². The quantitative estimate of drug-likeness (QED) is 0.775. The van der Waals surface area contributed by atoms with E-state index in [2.05, 4.69) is 29.8 Å². The second-order valence-electron chi connectivity index (χ2n) is 6.36. The number of amides is 1. The summed E-state index contributed by atoms with van der Waals surface area (Å²) in [5, 5.41) is 2.99. The molecule has 1 heterocycles. The topological polar surface area (TPSA) is 46.9 Å². The number of benzene rings is 2. The Morgan fingerprint density at radius 1 is 1.17 bits per heavy atom. The summed E-state index contributed by atoms with van der Waals surface area (Å²) in [7, 11) is 0. The number of imidazole rings is 1. The lowest BCUT2D eigenvalue weighted by atomic mass is 10.1. The molecule has 0 saturated heterocycles. The van der Waals surface area contributed by atoms with Crippen LogP contribution < -0.4 is 5.32 Å². The molecule has 124 valence electrons. The van der Waals surface area contributed by atoms with Gasteiger partial charge in [0.15, 0.2) is 0 Å². The number of para-hydroxylation sites is 2. The van der Waals surface area contributed by atoms with Crippen molar-refractivity contribution in [2.45, 2.75) is 33.2 Å². The first-order chi connectivity index (χ1) is 11.6. The van der Waals surface area contributed by atoms with E-state index in [0.717, 1.165) is 22.4 Å². The lowest BCUT2D eigenvalue weighted by Crippen LogP contribution is -2.26. The molecule has 4 heteroatoms. The molecule has 1 N–H and O–H groups in total. The number of nitrogens with zero attached hydrogens (tertiary/aromatic N) is 2. The number of fused-ring (bicyclic) bond motifs is 1. The predicted octanol–water partition coefficient (Wildman–Crippen LogP) is 3.90. The molecule has 4 nitrogen and oxygen atoms in total. The lowest BCUT2D eigenvalue weighted by Gasteiger charge is -2.13. The highest BCUT2D eigenvalue weighted by molar-refractivity contribution is 5.94. The van der Waals surface area contributed by atoms with Crippen LogP contribution in [0.1, 0.15) is 41.6 Å². The van der Waals surface area contributed by atoms with Crippen LogP contribution >= 0.6 is 0 Å². The molecule has 0 fully saturated rings. The SMILES string of the molecule is Cc1cccc(C(=O)NCCc2nc3ccccc3n2C(C)C)c1. The van der Waals surface area contributed by atoms with Gasteiger partial charge in [0, 0.05) is 24.6 Å². The summed E-state index contributed by atoms with van der Waals surface area (Å²) >= 11 is 0. The van der Waals surface area contributed by atoms with Gasteiger partial charge in [0.2, 0.25) is 0 Å². The normalized spacial score (nSPS) is 11.2. The van der Waals surface area contributed by atoms with Gasteiger partial charge in [-0.15, -0.1) is 0 Å². The molecule has 2 aromatic carbocycles. The van der Waals surface area contributed by atoms with Crippen LogP contribution in [0.2, 0.25) is 0 Å². The van der Waals surface area contributed by atoms with E-state index in [9.17, 15) is 4.79 Å². The molecule has 0 saturated carbocycles. The van der Waals surface area contributed by atoms with Gasteiger partial charge < -0.3 is 9.88 Å². The number of rotatable bonds is 5. The average molecular weight is 321 g/mol. The third-order valence-electron chi connectivity index (χ3n) is 4.10. The summed E-state index contributed by atoms with van der Waals surface area (Å²) in [4.78, 5) is 17.0. The first-order valence-electron chi connectivity index (χ1n) is 8.37. The molecule has 3 rings (SSSR count). The van der Waals surface area contributed by atoms with Crippen molar-refractivity contribution in [2.24, 2.45) is 0 Å². The maximum atomic E-state index is 12.2. The van der Waals surface area contributed by atoms with Gasteiger partial charge in [0.05, 0.1) is 11.0 Å². The van der Waals surface area contributed by atoms with Crippen molar-refractivity contribution in [2.75, 3.05) is 6.54 Å². The Hall–Kier alpha value is -2.62. The fourth-order valence-corrected chi connectivity index (χ4v) is 3.02. The molecule has 24 heavy (non-hydrogen) atoms. The fraction of sp³-hybridized carbons (Fsp3) is 0.300. The Morgan fingerprint density at radius 2 is 1.96 bits per heavy atom. The number of aryl methyl sites for hydroxylation is 1. The third kappa shape index (κ3) is 3.32. The average Bonchev–Trinajstić information content (AvgIpc) is 2.93. The Morgan fingerprint density at radius 3 is 2.71 bits per heavy atom. The van der Waals surface area contributed by atoms with E-state index >= 15 is 0 Å². The van der Waals surface area contributed by atoms with Gasteiger partial charge in [0.1, 0.15) is 5.82 Å². The molecule has 0 aliphatic heterocycles. The Kier molecular flexibility index (Phi) is 4.65. The van der Waals surface area contributed by atoms with Crippen molar-refractivity contribution in [1.29, 1.82) is 0 Å². The summed E-state index contributed by atoms with van der Waals surface area (Å²) in [5.74, 6) is 0.974. The zero-order chi connectivity index (χ0) is 17.1. The highest BCUT2D eigenvalue weighted by Gasteiger charge is 2.13. The molecule has 0 spiro atoms. The lowest BCUT2D eigenvalue weighted by molar-refractivity contribution is 0.0954. The highest BCUT2D eigenvalue weighted by atomic mass is 16.1. The standard InChI is InChI=1S/C20H23N3O/c1-14(2)23-18-10-5-4-9-17(18)22-19(23)11-12-21-20(24)16-8-6-7-15(3)13-16/h4-10,13-14H,11-12H2,1-3H3,(H,21,24). The maximum Gasteiger partial charge on any atom is 0.251 e. The minimum Gasteiger partial charge on any atom is -0.352 e. The molecular formula is C20H23N3O. The van der Waals surface area contributed by atoms with Gasteiger partial charge >= 0.3 is 0 Å². The molecule has 0 radical (unpaired) electrons. The minimum absolute atomic E-state index is 0.0362. The van der Waals surface area contributed by atoms with Crippen LogP contribution in [0.25, 0.3) is 11.0 Å². The number of nitrogens with one attached hydrogen (secondary N) is 1. The maximum absolute atomic E-state index is 12.2. The van der Waals surface area contributed by atoms with Gasteiger partial charge in [-0.3, -0.25) is 4.79 Å². The molecule has 0 aliphatic carbocycles. The van der Waals surface area contributed by atoms with E-state index in [0.29, 0.717) is 24.6 Å². The summed E-state index contributed by atoms with van der Waals surface area (Å²) < 4.78 is 2.24. The molecule has 0 atom stereocenters. The van der Waals surface area contributed by atoms with Crippen molar-refractivity contribution >= 4 is 16.9 Å². The van der Waals surface area contributed by atoms with Gasteiger partial charge in [0.25, 0.3) is 5.91 Å². The largest absolute Gasteiger partial charge is 0.352 e. The number of hydrogen-bond acceptors (Lipinski definition) is 2. The molecule has 3 aromatic rings. The number of carbonyl (C=O) groups excluding carboxylic acids is 1. The highest BCUT2D eigenvalue weighted by Crippen LogP contribution is 2.21. The molecular weight excluding hydrogens is 298 g/mol. The van der Waals surface area contributed by atoms with E-state index in [4.69, 9.17) is 4.98 Å². The first-order valence-corrected chi connectivity index (χ1v) is 8.37. The van der Waals surface area contributed by atoms with Crippen LogP contribution in [0.4, 0.5) is 0 Å². The zero-order valence-corrected chi connectivity index (χ0v) is 14.4. The molecule has 1 aromatic heterocycles. The summed E-state index contributed by atoms with van der Waals surface area (Å²) in [6.07, 6.45) is 0.713. The molecule has 0 unspecified atom stereocenters. The number of carbonyl (C=O) groups is 1. The third-order valence-corrected chi connectivity index (χ3v) is 4.10. The summed E-state index contributed by atoms with van der Waals surface area (Å²) in [6, 6.07) is 16.1. The molecule has 1 amide bonds. The monoisotopic (exact) mass is 321 g/mol. The van der Waals surface area contributed by atoms with Gasteiger partial charge in [-0.05, 0) is 45.0 Å². The van der Waals surface area contributed by atoms with Crippen LogP contribution in [0.5, 0.6) is 0 Å². The van der Waals surface area contributed by atoms with Crippen LogP contribution in [-0.4, -0.2) is 22.0 Å². The van der Waals surface area contributed by atoms with Crippen molar-refractivity contribution in [3.8, 4) is 0 Å². The Bertz CT molecular complexity index is 864. The van der Waals surface area contributed by atoms with Crippen LogP contribution in [-0.2, 0) is 6.42 Å². The Labute approximate surface area is 142 Å². The summed E-state index contributed by atoms with van der Waals surface area (Å²) in [6.45, 7) is 6.87. The van der Waals surface area contributed by atoms with E-state index < -0.39 is 0 Å². The van der Waals surface area contributed by atoms with E-state index in [1.54, 1.807) is 0 Å². The van der Waals surface area contributed by atoms with Crippen molar-refractivity contribution in [1.82, 2.24) is 14.9 Å². The minimum atomic E-state index is -0.0362. The summed E-state index contributed by atoms with van der Waals surface area (Å²) in [5.41, 5.74) is 3.94. The van der Waals surface area contributed by atoms with E-state index in [1.165, 1.54) is 0 Å². The van der Waals surface area contributed by atoms with Gasteiger partial charge in [-0.2, -0.15) is 0 Å². The number of hydrogen-bond donors (Lipinski definition) is 1. The van der Waals surface area contributed by atoms with Crippen molar-refractivity contribution < 1.29 is 4.79 Å². The zero-order valence-electron chi connectivity index (χ0n) is 14.4.